The fraction of sp³-hybridized carbons (Fsp3) is 0.326. The molecule has 0 fully saturated rings. The van der Waals surface area contributed by atoms with Crippen molar-refractivity contribution in [3.05, 3.63) is 118 Å². The number of aromatic hydroxyl groups is 1. The lowest BCUT2D eigenvalue weighted by atomic mass is 10.1. The Hall–Kier alpha value is -5.19. The molecule has 0 unspecified atom stereocenters. The maximum Gasteiger partial charge on any atom is 0.235 e. The van der Waals surface area contributed by atoms with Crippen LogP contribution in [0, 0.1) is 11.8 Å². The van der Waals surface area contributed by atoms with Crippen molar-refractivity contribution in [1.29, 1.82) is 0 Å². The molecule has 0 saturated heterocycles. The summed E-state index contributed by atoms with van der Waals surface area (Å²) in [6.45, 7) is 1.88. The van der Waals surface area contributed by atoms with E-state index in [4.69, 9.17) is 23.4 Å². The van der Waals surface area contributed by atoms with Crippen LogP contribution in [0.4, 0.5) is 0 Å². The topological polar surface area (TPSA) is 87.4 Å². The highest BCUT2D eigenvalue weighted by Gasteiger charge is 2.19. The van der Waals surface area contributed by atoms with Gasteiger partial charge in [0.25, 0.3) is 0 Å². The fourth-order valence-corrected chi connectivity index (χ4v) is 5.74. The number of rotatable bonds is 18. The Kier molecular flexibility index (Phi) is 13.8. The molecule has 0 bridgehead atoms. The molecule has 7 nitrogen and oxygen atoms in total. The smallest absolute Gasteiger partial charge is 0.235 e. The quantitative estimate of drug-likeness (QED) is 0.0731. The summed E-state index contributed by atoms with van der Waals surface area (Å²) in [6, 6.07) is 28.5. The van der Waals surface area contributed by atoms with Crippen molar-refractivity contribution in [1.82, 2.24) is 0 Å². The molecule has 0 aliphatic carbocycles. The van der Waals surface area contributed by atoms with Crippen molar-refractivity contribution in [3.63, 3.8) is 0 Å². The molecule has 1 N–H and O–H groups in total. The number of benzene rings is 4. The summed E-state index contributed by atoms with van der Waals surface area (Å²) in [5, 5.41) is 11.2. The van der Waals surface area contributed by atoms with E-state index in [-0.39, 0.29) is 16.7 Å². The zero-order valence-electron chi connectivity index (χ0n) is 29.0. The second-order valence-electron chi connectivity index (χ2n) is 12.2. The first-order valence-corrected chi connectivity index (χ1v) is 17.4. The Morgan fingerprint density at radius 3 is 2.00 bits per heavy atom. The first-order chi connectivity index (χ1) is 24.6. The SMILES string of the molecule is COc1cc2oc(-c3ccc(OCc4ccccc4)c(OC)c3)c(O)c(=O)c2cc1C#CCCCCCCCCCCOCc1ccccc1. The summed E-state index contributed by atoms with van der Waals surface area (Å²) < 4.78 is 29.0. The third-order valence-electron chi connectivity index (χ3n) is 8.53. The van der Waals surface area contributed by atoms with Gasteiger partial charge < -0.3 is 28.5 Å². The maximum atomic E-state index is 13.3. The number of hydrogen-bond donors (Lipinski definition) is 1. The van der Waals surface area contributed by atoms with Gasteiger partial charge in [-0.2, -0.15) is 0 Å². The molecule has 7 heteroatoms. The van der Waals surface area contributed by atoms with Gasteiger partial charge in [0.1, 0.15) is 17.9 Å². The molecular weight excluding hydrogens is 628 g/mol. The van der Waals surface area contributed by atoms with Crippen LogP contribution in [0.25, 0.3) is 22.3 Å². The highest BCUT2D eigenvalue weighted by atomic mass is 16.5. The van der Waals surface area contributed by atoms with E-state index in [9.17, 15) is 9.90 Å². The summed E-state index contributed by atoms with van der Waals surface area (Å²) >= 11 is 0. The Labute approximate surface area is 294 Å². The van der Waals surface area contributed by atoms with E-state index in [1.54, 1.807) is 37.4 Å². The lowest BCUT2D eigenvalue weighted by Crippen LogP contribution is -2.04. The second kappa shape index (κ2) is 19.1. The summed E-state index contributed by atoms with van der Waals surface area (Å²) in [5.74, 6) is 7.40. The molecule has 0 radical (unpaired) electrons. The number of unbranched alkanes of at least 4 members (excludes halogenated alkanes) is 8. The van der Waals surface area contributed by atoms with Crippen LogP contribution in [0.2, 0.25) is 0 Å². The average molecular weight is 675 g/mol. The molecule has 0 aliphatic heterocycles. The highest BCUT2D eigenvalue weighted by Crippen LogP contribution is 2.37. The third kappa shape index (κ3) is 10.2. The molecule has 1 heterocycles. The summed E-state index contributed by atoms with van der Waals surface area (Å²) in [5.41, 5.74) is 3.03. The van der Waals surface area contributed by atoms with Crippen LogP contribution in [-0.2, 0) is 18.0 Å². The van der Waals surface area contributed by atoms with Crippen molar-refractivity contribution in [2.24, 2.45) is 0 Å². The van der Waals surface area contributed by atoms with E-state index < -0.39 is 11.2 Å². The van der Waals surface area contributed by atoms with Crippen LogP contribution in [0.1, 0.15) is 74.5 Å². The summed E-state index contributed by atoms with van der Waals surface area (Å²) in [6.07, 6.45) is 10.1. The van der Waals surface area contributed by atoms with Gasteiger partial charge in [0, 0.05) is 24.7 Å². The fourth-order valence-electron chi connectivity index (χ4n) is 5.74. The lowest BCUT2D eigenvalue weighted by Gasteiger charge is -2.13. The summed E-state index contributed by atoms with van der Waals surface area (Å²) in [7, 11) is 3.09. The van der Waals surface area contributed by atoms with Crippen molar-refractivity contribution < 1.29 is 28.5 Å². The lowest BCUT2D eigenvalue weighted by molar-refractivity contribution is 0.116. The zero-order chi connectivity index (χ0) is 35.0. The van der Waals surface area contributed by atoms with Crippen LogP contribution >= 0.6 is 0 Å². The average Bonchev–Trinajstić information content (AvgIpc) is 3.16. The Morgan fingerprint density at radius 2 is 1.32 bits per heavy atom. The van der Waals surface area contributed by atoms with Gasteiger partial charge in [-0.05, 0) is 48.2 Å². The molecular formula is C43H46O7. The number of methoxy groups -OCH3 is 2. The van der Waals surface area contributed by atoms with Crippen LogP contribution in [0.5, 0.6) is 23.0 Å². The van der Waals surface area contributed by atoms with E-state index >= 15 is 0 Å². The van der Waals surface area contributed by atoms with Crippen molar-refractivity contribution >= 4 is 11.0 Å². The molecule has 260 valence electrons. The van der Waals surface area contributed by atoms with Crippen LogP contribution < -0.4 is 19.6 Å². The minimum absolute atomic E-state index is 0.0316. The molecule has 0 atom stereocenters. The van der Waals surface area contributed by atoms with E-state index in [1.807, 2.05) is 48.5 Å². The molecule has 0 aliphatic rings. The van der Waals surface area contributed by atoms with Gasteiger partial charge in [-0.1, -0.05) is 111 Å². The van der Waals surface area contributed by atoms with Crippen molar-refractivity contribution in [3.8, 4) is 46.2 Å². The van der Waals surface area contributed by atoms with Gasteiger partial charge in [-0.25, -0.2) is 0 Å². The minimum Gasteiger partial charge on any atom is -0.502 e. The van der Waals surface area contributed by atoms with Gasteiger partial charge in [-0.3, -0.25) is 4.79 Å². The Balaban J connectivity index is 1.11. The molecule has 4 aromatic carbocycles. The Bertz CT molecular complexity index is 1920. The van der Waals surface area contributed by atoms with Crippen molar-refractivity contribution in [2.75, 3.05) is 20.8 Å². The predicted octanol–water partition coefficient (Wildman–Crippen LogP) is 9.84. The van der Waals surface area contributed by atoms with Crippen LogP contribution in [-0.4, -0.2) is 25.9 Å². The first-order valence-electron chi connectivity index (χ1n) is 17.4. The van der Waals surface area contributed by atoms with Crippen molar-refractivity contribution in [2.45, 2.75) is 71.0 Å². The molecule has 1 aromatic heterocycles. The van der Waals surface area contributed by atoms with Gasteiger partial charge in [0.15, 0.2) is 17.3 Å². The number of hydrogen-bond acceptors (Lipinski definition) is 7. The van der Waals surface area contributed by atoms with Gasteiger partial charge in [0.05, 0.1) is 31.8 Å². The summed E-state index contributed by atoms with van der Waals surface area (Å²) in [4.78, 5) is 13.3. The van der Waals surface area contributed by atoms with E-state index in [0.717, 1.165) is 37.9 Å². The second-order valence-corrected chi connectivity index (χ2v) is 12.2. The largest absolute Gasteiger partial charge is 0.502 e. The van der Waals surface area contributed by atoms with E-state index in [1.165, 1.54) is 44.8 Å². The number of ether oxygens (including phenoxy) is 4. The third-order valence-corrected chi connectivity index (χ3v) is 8.53. The molecule has 0 amide bonds. The minimum atomic E-state index is -0.546. The first kappa shape index (κ1) is 36.1. The van der Waals surface area contributed by atoms with Crippen LogP contribution in [0.3, 0.4) is 0 Å². The number of fused-ring (bicyclic) bond motifs is 1. The van der Waals surface area contributed by atoms with Gasteiger partial charge in [-0.15, -0.1) is 0 Å². The monoisotopic (exact) mass is 674 g/mol. The Morgan fingerprint density at radius 1 is 0.680 bits per heavy atom. The zero-order valence-corrected chi connectivity index (χ0v) is 29.0. The standard InChI is InChI=1S/C43H46O7/c1-46-38-29-39-36(27-34(38)23-17-9-7-5-3-4-6-8-10-18-26-48-30-32-19-13-11-14-20-32)41(44)42(45)43(50-39)35-24-25-37(40(28-35)47-2)49-31-33-21-15-12-16-22-33/h11-16,19-22,24-25,27-29,45H,3-10,18,26,30-31H2,1-2H3. The highest BCUT2D eigenvalue weighted by molar-refractivity contribution is 5.85. The molecule has 50 heavy (non-hydrogen) atoms. The molecule has 0 saturated carbocycles. The van der Waals surface area contributed by atoms with E-state index in [2.05, 4.69) is 24.0 Å². The van der Waals surface area contributed by atoms with Gasteiger partial charge >= 0.3 is 0 Å². The molecule has 5 aromatic rings. The van der Waals surface area contributed by atoms with Gasteiger partial charge in [0.2, 0.25) is 11.2 Å². The van der Waals surface area contributed by atoms with E-state index in [0.29, 0.717) is 41.6 Å². The normalized spacial score (nSPS) is 10.8. The predicted molar refractivity (Wildman–Crippen MR) is 198 cm³/mol. The van der Waals surface area contributed by atoms with Crippen LogP contribution in [0.15, 0.2) is 100 Å². The maximum absolute atomic E-state index is 13.3. The molecule has 5 rings (SSSR count). The molecule has 0 spiro atoms.